The Hall–Kier alpha value is -0.440. The molecule has 0 fully saturated rings. The lowest BCUT2D eigenvalue weighted by molar-refractivity contribution is 0.279. The molecule has 0 aliphatic rings. The normalized spacial score (nSPS) is 11.9. The van der Waals surface area contributed by atoms with E-state index in [2.05, 4.69) is 20.9 Å². The minimum absolute atomic E-state index is 0.00578. The van der Waals surface area contributed by atoms with Gasteiger partial charge in [0.05, 0.1) is 6.33 Å². The first-order valence-electron chi connectivity index (χ1n) is 3.76. The molecule has 0 amide bonds. The highest BCUT2D eigenvalue weighted by Crippen LogP contribution is 2.20. The summed E-state index contributed by atoms with van der Waals surface area (Å²) in [6, 6.07) is 0. The molecule has 0 atom stereocenters. The molecule has 0 saturated carbocycles. The molecule has 0 spiro atoms. The van der Waals surface area contributed by atoms with Gasteiger partial charge in [-0.3, -0.25) is 4.55 Å². The molecule has 0 radical (unpaired) electrons. The van der Waals surface area contributed by atoms with Crippen LogP contribution in [-0.2, 0) is 16.7 Å². The molecule has 80 valence electrons. The monoisotopic (exact) mass is 284 g/mol. The summed E-state index contributed by atoms with van der Waals surface area (Å²) < 4.78 is 31.9. The summed E-state index contributed by atoms with van der Waals surface area (Å²) in [5, 5.41) is 8.16. The molecule has 14 heavy (non-hydrogen) atoms. The number of aliphatic hydroxyl groups excluding tert-OH is 1. The summed E-state index contributed by atoms with van der Waals surface area (Å²) >= 11 is 3.00. The highest BCUT2D eigenvalue weighted by Gasteiger charge is 2.19. The van der Waals surface area contributed by atoms with Crippen LogP contribution < -0.4 is 0 Å². The first-order chi connectivity index (χ1) is 6.46. The molecular formula is C6H9BrN2O4S. The molecule has 1 rings (SSSR count). The molecular weight excluding hydrogens is 276 g/mol. The highest BCUT2D eigenvalue weighted by atomic mass is 79.9. The Balaban J connectivity index is 2.97. The largest absolute Gasteiger partial charge is 0.396 e. The highest BCUT2D eigenvalue weighted by molar-refractivity contribution is 9.10. The summed E-state index contributed by atoms with van der Waals surface area (Å²) in [7, 11) is -4.28. The second kappa shape index (κ2) is 4.39. The third kappa shape index (κ3) is 2.53. The summed E-state index contributed by atoms with van der Waals surface area (Å²) in [5.41, 5.74) is 0. The van der Waals surface area contributed by atoms with Gasteiger partial charge in [-0.05, 0) is 22.4 Å². The number of nitrogens with zero attached hydrogens (tertiary/aromatic N) is 2. The van der Waals surface area contributed by atoms with Gasteiger partial charge >= 0.3 is 10.1 Å². The zero-order valence-electron chi connectivity index (χ0n) is 7.09. The van der Waals surface area contributed by atoms with Gasteiger partial charge in [-0.2, -0.15) is 8.42 Å². The Bertz CT molecular complexity index is 413. The number of hydrogen-bond acceptors (Lipinski definition) is 4. The van der Waals surface area contributed by atoms with Crippen molar-refractivity contribution in [2.24, 2.45) is 0 Å². The Morgan fingerprint density at radius 3 is 2.64 bits per heavy atom. The van der Waals surface area contributed by atoms with Crippen molar-refractivity contribution >= 4 is 26.0 Å². The number of halogens is 1. The van der Waals surface area contributed by atoms with Crippen molar-refractivity contribution in [3.05, 3.63) is 10.9 Å². The van der Waals surface area contributed by atoms with Gasteiger partial charge in [-0.15, -0.1) is 0 Å². The van der Waals surface area contributed by atoms with Gasteiger partial charge in [0.15, 0.2) is 0 Å². The second-order valence-corrected chi connectivity index (χ2v) is 4.67. The van der Waals surface area contributed by atoms with Gasteiger partial charge in [0.1, 0.15) is 4.60 Å². The van der Waals surface area contributed by atoms with Crippen molar-refractivity contribution in [1.82, 2.24) is 9.55 Å². The minimum atomic E-state index is -4.28. The Kier molecular flexibility index (Phi) is 3.65. The van der Waals surface area contributed by atoms with Crippen molar-refractivity contribution in [3.63, 3.8) is 0 Å². The lowest BCUT2D eigenvalue weighted by Crippen LogP contribution is -2.02. The molecule has 0 unspecified atom stereocenters. The quantitative estimate of drug-likeness (QED) is 0.775. The molecule has 1 aromatic heterocycles. The van der Waals surface area contributed by atoms with Gasteiger partial charge < -0.3 is 9.67 Å². The molecule has 0 saturated heterocycles. The molecule has 8 heteroatoms. The molecule has 1 aromatic rings. The third-order valence-corrected chi connectivity index (χ3v) is 3.43. The fourth-order valence-corrected chi connectivity index (χ4v) is 2.41. The fourth-order valence-electron chi connectivity index (χ4n) is 0.919. The van der Waals surface area contributed by atoms with E-state index in [1.165, 1.54) is 10.9 Å². The van der Waals surface area contributed by atoms with Crippen molar-refractivity contribution < 1.29 is 18.1 Å². The van der Waals surface area contributed by atoms with E-state index in [9.17, 15) is 8.42 Å². The van der Waals surface area contributed by atoms with Crippen LogP contribution in [0.5, 0.6) is 0 Å². The predicted molar refractivity (Wildman–Crippen MR) is 51.4 cm³/mol. The third-order valence-electron chi connectivity index (χ3n) is 1.54. The van der Waals surface area contributed by atoms with E-state index in [4.69, 9.17) is 9.66 Å². The molecule has 0 aromatic carbocycles. The van der Waals surface area contributed by atoms with E-state index < -0.39 is 15.1 Å². The maximum absolute atomic E-state index is 10.7. The Morgan fingerprint density at radius 1 is 1.57 bits per heavy atom. The standard InChI is InChI=1S/C6H9BrN2O4S/c7-5-6(14(11,12)13)8-4-9(5)2-1-3-10/h4,10H,1-3H2,(H,11,12,13). The smallest absolute Gasteiger partial charge is 0.314 e. The van der Waals surface area contributed by atoms with Crippen LogP contribution in [0.1, 0.15) is 6.42 Å². The molecule has 0 aliphatic carbocycles. The summed E-state index contributed by atoms with van der Waals surface area (Å²) in [5.74, 6) is 0. The minimum Gasteiger partial charge on any atom is -0.396 e. The predicted octanol–water partition coefficient (Wildman–Crippen LogP) is 0.275. The fraction of sp³-hybridized carbons (Fsp3) is 0.500. The molecule has 2 N–H and O–H groups in total. The number of hydrogen-bond donors (Lipinski definition) is 2. The van der Waals surface area contributed by atoms with Crippen LogP contribution >= 0.6 is 15.9 Å². The van der Waals surface area contributed by atoms with Crippen LogP contribution in [0.15, 0.2) is 16.0 Å². The van der Waals surface area contributed by atoms with Crippen molar-refractivity contribution in [1.29, 1.82) is 0 Å². The van der Waals surface area contributed by atoms with Crippen LogP contribution in [0, 0.1) is 0 Å². The molecule has 0 aliphatic heterocycles. The molecule has 6 nitrogen and oxygen atoms in total. The van der Waals surface area contributed by atoms with Crippen LogP contribution in [0.25, 0.3) is 0 Å². The van der Waals surface area contributed by atoms with Gasteiger partial charge in [0.25, 0.3) is 0 Å². The van der Waals surface area contributed by atoms with E-state index in [1.54, 1.807) is 0 Å². The van der Waals surface area contributed by atoms with E-state index in [0.717, 1.165) is 0 Å². The average Bonchev–Trinajstić information content (AvgIpc) is 2.42. The Labute approximate surface area is 89.5 Å². The van der Waals surface area contributed by atoms with Crippen LogP contribution in [0.4, 0.5) is 0 Å². The van der Waals surface area contributed by atoms with E-state index in [-0.39, 0.29) is 11.2 Å². The SMILES string of the molecule is O=S(=O)(O)c1ncn(CCCO)c1Br. The Morgan fingerprint density at radius 2 is 2.21 bits per heavy atom. The number of rotatable bonds is 4. The topological polar surface area (TPSA) is 92.4 Å². The number of aliphatic hydroxyl groups is 1. The van der Waals surface area contributed by atoms with E-state index in [0.29, 0.717) is 13.0 Å². The summed E-state index contributed by atoms with van der Waals surface area (Å²) in [6.07, 6.45) is 1.77. The van der Waals surface area contributed by atoms with E-state index >= 15 is 0 Å². The lowest BCUT2D eigenvalue weighted by Gasteiger charge is -2.01. The van der Waals surface area contributed by atoms with Crippen molar-refractivity contribution in [2.75, 3.05) is 6.61 Å². The van der Waals surface area contributed by atoms with Crippen LogP contribution in [0.3, 0.4) is 0 Å². The average molecular weight is 285 g/mol. The maximum Gasteiger partial charge on any atom is 0.314 e. The van der Waals surface area contributed by atoms with Crippen LogP contribution in [-0.4, -0.2) is 34.2 Å². The maximum atomic E-state index is 10.7. The van der Waals surface area contributed by atoms with Crippen molar-refractivity contribution in [2.45, 2.75) is 18.0 Å². The van der Waals surface area contributed by atoms with Crippen molar-refractivity contribution in [3.8, 4) is 0 Å². The van der Waals surface area contributed by atoms with Gasteiger partial charge in [0, 0.05) is 13.2 Å². The van der Waals surface area contributed by atoms with E-state index in [1.807, 2.05) is 0 Å². The molecule has 1 heterocycles. The summed E-state index contributed by atoms with van der Waals surface area (Å²) in [6.45, 7) is 0.436. The first kappa shape index (κ1) is 11.6. The zero-order chi connectivity index (χ0) is 10.8. The zero-order valence-corrected chi connectivity index (χ0v) is 9.49. The number of imidazole rings is 1. The molecule has 0 bridgehead atoms. The van der Waals surface area contributed by atoms with Gasteiger partial charge in [0.2, 0.25) is 5.03 Å². The van der Waals surface area contributed by atoms with Gasteiger partial charge in [-0.1, -0.05) is 0 Å². The number of aromatic nitrogens is 2. The van der Waals surface area contributed by atoms with Crippen LogP contribution in [0.2, 0.25) is 0 Å². The lowest BCUT2D eigenvalue weighted by atomic mass is 10.4. The number of aryl methyl sites for hydroxylation is 1. The second-order valence-electron chi connectivity index (χ2n) is 2.59. The van der Waals surface area contributed by atoms with Gasteiger partial charge in [-0.25, -0.2) is 4.98 Å². The first-order valence-corrected chi connectivity index (χ1v) is 5.99. The summed E-state index contributed by atoms with van der Waals surface area (Å²) in [4.78, 5) is 3.54.